The number of carbonyl (C=O) groups is 2. The molecule has 0 radical (unpaired) electrons. The number of hydrogen-bond donors (Lipinski definition) is 3. The second kappa shape index (κ2) is 4.92. The maximum atomic E-state index is 11.4. The van der Waals surface area contributed by atoms with Crippen molar-refractivity contribution in [2.75, 3.05) is 19.8 Å². The second-order valence-electron chi connectivity index (χ2n) is 3.15. The Labute approximate surface area is 81.6 Å². The van der Waals surface area contributed by atoms with Gasteiger partial charge in [-0.05, 0) is 6.92 Å². The zero-order valence-electron chi connectivity index (χ0n) is 7.95. The van der Waals surface area contributed by atoms with Crippen LogP contribution >= 0.6 is 0 Å². The maximum Gasteiger partial charge on any atom is 0.325 e. The van der Waals surface area contributed by atoms with Crippen LogP contribution in [0.15, 0.2) is 0 Å². The molecule has 1 aliphatic rings. The van der Waals surface area contributed by atoms with Crippen molar-refractivity contribution in [2.24, 2.45) is 0 Å². The summed E-state index contributed by atoms with van der Waals surface area (Å²) in [6, 6.07) is -1.31. The smallest absolute Gasteiger partial charge is 0.325 e. The molecule has 2 atom stereocenters. The van der Waals surface area contributed by atoms with Crippen LogP contribution < -0.4 is 10.6 Å². The van der Waals surface area contributed by atoms with E-state index in [-0.39, 0.29) is 12.5 Å². The number of rotatable bonds is 3. The lowest BCUT2D eigenvalue weighted by molar-refractivity contribution is -0.142. The van der Waals surface area contributed by atoms with E-state index in [4.69, 9.17) is 9.84 Å². The van der Waals surface area contributed by atoms with Gasteiger partial charge in [-0.1, -0.05) is 0 Å². The van der Waals surface area contributed by atoms with Gasteiger partial charge in [-0.25, -0.2) is 0 Å². The van der Waals surface area contributed by atoms with Gasteiger partial charge in [0.05, 0.1) is 13.2 Å². The van der Waals surface area contributed by atoms with Gasteiger partial charge in [0, 0.05) is 6.54 Å². The molecule has 1 aliphatic heterocycles. The Morgan fingerprint density at radius 1 is 1.64 bits per heavy atom. The molecule has 1 amide bonds. The molecule has 0 aromatic heterocycles. The molecule has 1 saturated heterocycles. The van der Waals surface area contributed by atoms with Crippen molar-refractivity contribution in [1.29, 1.82) is 0 Å². The second-order valence-corrected chi connectivity index (χ2v) is 3.15. The van der Waals surface area contributed by atoms with Crippen molar-refractivity contribution >= 4 is 11.9 Å². The number of amides is 1. The van der Waals surface area contributed by atoms with Crippen LogP contribution in [0.1, 0.15) is 6.92 Å². The van der Waals surface area contributed by atoms with E-state index < -0.39 is 18.1 Å². The third kappa shape index (κ3) is 2.97. The molecule has 0 bridgehead atoms. The van der Waals surface area contributed by atoms with Gasteiger partial charge in [-0.2, -0.15) is 0 Å². The van der Waals surface area contributed by atoms with Crippen LogP contribution in [0, 0.1) is 0 Å². The highest BCUT2D eigenvalue weighted by Gasteiger charge is 2.23. The van der Waals surface area contributed by atoms with Gasteiger partial charge >= 0.3 is 5.97 Å². The summed E-state index contributed by atoms with van der Waals surface area (Å²) < 4.78 is 5.07. The number of nitrogens with one attached hydrogen (secondary N) is 2. The summed E-state index contributed by atoms with van der Waals surface area (Å²) in [6.45, 7) is 2.90. The minimum absolute atomic E-state index is 0.290. The largest absolute Gasteiger partial charge is 0.480 e. The van der Waals surface area contributed by atoms with E-state index in [1.165, 1.54) is 6.92 Å². The summed E-state index contributed by atoms with van der Waals surface area (Å²) in [5.74, 6) is -1.38. The number of ether oxygens (including phenoxy) is 1. The monoisotopic (exact) mass is 202 g/mol. The molecule has 80 valence electrons. The van der Waals surface area contributed by atoms with Crippen molar-refractivity contribution in [1.82, 2.24) is 10.6 Å². The first-order valence-corrected chi connectivity index (χ1v) is 4.45. The van der Waals surface area contributed by atoms with Crippen molar-refractivity contribution < 1.29 is 19.4 Å². The van der Waals surface area contributed by atoms with Crippen LogP contribution in [0.25, 0.3) is 0 Å². The Bertz CT molecular complexity index is 225. The first-order chi connectivity index (χ1) is 6.61. The van der Waals surface area contributed by atoms with E-state index >= 15 is 0 Å². The number of carboxylic acids is 1. The molecule has 1 heterocycles. The third-order valence-electron chi connectivity index (χ3n) is 1.97. The molecule has 0 aliphatic carbocycles. The molecule has 0 spiro atoms. The summed E-state index contributed by atoms with van der Waals surface area (Å²) >= 11 is 0. The molecule has 1 fully saturated rings. The number of hydrogen-bond acceptors (Lipinski definition) is 4. The van der Waals surface area contributed by atoms with E-state index in [2.05, 4.69) is 10.6 Å². The molecule has 6 heteroatoms. The number of carbonyl (C=O) groups excluding carboxylic acids is 1. The van der Waals surface area contributed by atoms with Crippen molar-refractivity contribution in [3.63, 3.8) is 0 Å². The zero-order valence-corrected chi connectivity index (χ0v) is 7.95. The van der Waals surface area contributed by atoms with Crippen molar-refractivity contribution in [3.8, 4) is 0 Å². The highest BCUT2D eigenvalue weighted by molar-refractivity contribution is 5.86. The molecular formula is C8H14N2O4. The van der Waals surface area contributed by atoms with Gasteiger partial charge in [0.2, 0.25) is 5.91 Å². The lowest BCUT2D eigenvalue weighted by Crippen LogP contribution is -2.54. The van der Waals surface area contributed by atoms with E-state index in [0.29, 0.717) is 13.2 Å². The predicted octanol–water partition coefficient (Wildman–Crippen LogP) is -1.44. The van der Waals surface area contributed by atoms with Gasteiger partial charge in [0.25, 0.3) is 0 Å². The normalized spacial score (nSPS) is 23.9. The maximum absolute atomic E-state index is 11.4. The van der Waals surface area contributed by atoms with Crippen LogP contribution in [-0.4, -0.2) is 48.8 Å². The summed E-state index contributed by atoms with van der Waals surface area (Å²) in [6.07, 6.45) is 0. The van der Waals surface area contributed by atoms with Crippen LogP contribution in [0.5, 0.6) is 0 Å². The fourth-order valence-corrected chi connectivity index (χ4v) is 1.11. The average molecular weight is 202 g/mol. The minimum Gasteiger partial charge on any atom is -0.480 e. The Morgan fingerprint density at radius 2 is 2.36 bits per heavy atom. The van der Waals surface area contributed by atoms with E-state index in [9.17, 15) is 9.59 Å². The highest BCUT2D eigenvalue weighted by atomic mass is 16.5. The van der Waals surface area contributed by atoms with Crippen molar-refractivity contribution in [2.45, 2.75) is 19.0 Å². The van der Waals surface area contributed by atoms with Crippen LogP contribution in [0.3, 0.4) is 0 Å². The molecule has 0 saturated carbocycles. The molecule has 0 aromatic carbocycles. The quantitative estimate of drug-likeness (QED) is 0.522. The fraction of sp³-hybridized carbons (Fsp3) is 0.750. The molecule has 14 heavy (non-hydrogen) atoms. The Morgan fingerprint density at radius 3 is 2.86 bits per heavy atom. The van der Waals surface area contributed by atoms with Crippen LogP contribution in [0.4, 0.5) is 0 Å². The Hall–Kier alpha value is -1.14. The number of morpholine rings is 1. The third-order valence-corrected chi connectivity index (χ3v) is 1.97. The summed E-state index contributed by atoms with van der Waals surface area (Å²) in [5.41, 5.74) is 0. The summed E-state index contributed by atoms with van der Waals surface area (Å²) in [7, 11) is 0. The standard InChI is InChI=1S/C8H14N2O4/c1-5(8(12)13)10-7(11)6-4-14-3-2-9-6/h5-6,9H,2-4H2,1H3,(H,10,11)(H,12,13)/t5-,6?/m1/s1. The van der Waals surface area contributed by atoms with Crippen LogP contribution in [0.2, 0.25) is 0 Å². The lowest BCUT2D eigenvalue weighted by atomic mass is 10.2. The first-order valence-electron chi connectivity index (χ1n) is 4.45. The van der Waals surface area contributed by atoms with Gasteiger partial charge in [-0.15, -0.1) is 0 Å². The topological polar surface area (TPSA) is 87.7 Å². The SMILES string of the molecule is C[C@@H](NC(=O)C1COCCN1)C(=O)O. The van der Waals surface area contributed by atoms with Crippen LogP contribution in [-0.2, 0) is 14.3 Å². The van der Waals surface area contributed by atoms with Gasteiger partial charge in [0.15, 0.2) is 0 Å². The van der Waals surface area contributed by atoms with Crippen molar-refractivity contribution in [3.05, 3.63) is 0 Å². The first kappa shape index (κ1) is 10.9. The van der Waals surface area contributed by atoms with E-state index in [1.54, 1.807) is 0 Å². The molecule has 1 rings (SSSR count). The van der Waals surface area contributed by atoms with Gasteiger partial charge in [-0.3, -0.25) is 9.59 Å². The van der Waals surface area contributed by atoms with Gasteiger partial charge < -0.3 is 20.5 Å². The summed E-state index contributed by atoms with van der Waals surface area (Å²) in [4.78, 5) is 21.8. The zero-order chi connectivity index (χ0) is 10.6. The number of carboxylic acid groups (broad SMARTS) is 1. The van der Waals surface area contributed by atoms with E-state index in [1.807, 2.05) is 0 Å². The molecular weight excluding hydrogens is 188 g/mol. The highest BCUT2D eigenvalue weighted by Crippen LogP contribution is 1.94. The van der Waals surface area contributed by atoms with Gasteiger partial charge in [0.1, 0.15) is 12.1 Å². The lowest BCUT2D eigenvalue weighted by Gasteiger charge is -2.23. The molecule has 6 nitrogen and oxygen atoms in total. The molecule has 1 unspecified atom stereocenters. The summed E-state index contributed by atoms with van der Waals surface area (Å²) in [5, 5.41) is 13.9. The number of aliphatic carboxylic acids is 1. The Kier molecular flexibility index (Phi) is 3.84. The average Bonchev–Trinajstić information content (AvgIpc) is 2.19. The molecule has 3 N–H and O–H groups in total. The fourth-order valence-electron chi connectivity index (χ4n) is 1.11. The molecule has 0 aromatic rings. The van der Waals surface area contributed by atoms with E-state index in [0.717, 1.165) is 0 Å². The predicted molar refractivity (Wildman–Crippen MR) is 47.9 cm³/mol. The minimum atomic E-state index is -1.05. The Balaban J connectivity index is 2.36.